The van der Waals surface area contributed by atoms with Crippen LogP contribution in [0.5, 0.6) is 0 Å². The second kappa shape index (κ2) is 8.47. The molecule has 4 rings (SSSR count). The molecule has 0 aliphatic rings. The van der Waals surface area contributed by atoms with Crippen molar-refractivity contribution in [2.75, 3.05) is 36.8 Å². The van der Waals surface area contributed by atoms with E-state index in [4.69, 9.17) is 0 Å². The fraction of sp³-hybridized carbons (Fsp3) is 0.182. The Kier molecular flexibility index (Phi) is 5.41. The van der Waals surface area contributed by atoms with Gasteiger partial charge in [-0.3, -0.25) is 0 Å². The van der Waals surface area contributed by atoms with Gasteiger partial charge in [-0.15, -0.1) is 0 Å². The van der Waals surface area contributed by atoms with E-state index in [9.17, 15) is 0 Å². The highest BCUT2D eigenvalue weighted by Gasteiger charge is 1.98. The highest BCUT2D eigenvalue weighted by molar-refractivity contribution is 5.80. The van der Waals surface area contributed by atoms with Crippen molar-refractivity contribution in [1.82, 2.24) is 15.3 Å². The normalized spacial score (nSPS) is 11.0. The highest BCUT2D eigenvalue weighted by atomic mass is 15.0. The van der Waals surface area contributed by atoms with E-state index in [0.717, 1.165) is 59.6 Å². The minimum absolute atomic E-state index is 0.833. The lowest BCUT2D eigenvalue weighted by Gasteiger charge is -2.09. The van der Waals surface area contributed by atoms with Crippen molar-refractivity contribution >= 4 is 33.4 Å². The van der Waals surface area contributed by atoms with E-state index in [1.165, 1.54) is 0 Å². The van der Waals surface area contributed by atoms with Crippen molar-refractivity contribution in [3.63, 3.8) is 0 Å². The van der Waals surface area contributed by atoms with Crippen molar-refractivity contribution in [3.8, 4) is 0 Å². The third-order valence-corrected chi connectivity index (χ3v) is 4.41. The molecule has 3 N–H and O–H groups in total. The monoisotopic (exact) mass is 357 g/mol. The Morgan fingerprint density at radius 2 is 1.00 bits per heavy atom. The first-order valence-corrected chi connectivity index (χ1v) is 9.28. The molecule has 0 bridgehead atoms. The van der Waals surface area contributed by atoms with Crippen molar-refractivity contribution < 1.29 is 0 Å². The molecule has 0 fully saturated rings. The van der Waals surface area contributed by atoms with Gasteiger partial charge in [0.05, 0.1) is 11.0 Å². The van der Waals surface area contributed by atoms with E-state index in [1.807, 2.05) is 48.5 Å². The van der Waals surface area contributed by atoms with Gasteiger partial charge in [0.15, 0.2) is 0 Å². The van der Waals surface area contributed by atoms with Crippen LogP contribution in [0.25, 0.3) is 21.8 Å². The van der Waals surface area contributed by atoms with Crippen molar-refractivity contribution in [3.05, 3.63) is 72.8 Å². The van der Waals surface area contributed by atoms with E-state index in [2.05, 4.69) is 50.2 Å². The Labute approximate surface area is 158 Å². The molecule has 4 aromatic rings. The Balaban J connectivity index is 1.16. The fourth-order valence-corrected chi connectivity index (χ4v) is 3.01. The SMILES string of the molecule is c1ccc2nc(NCCNCCNc3ccc4ccccc4n3)ccc2c1. The molecule has 0 radical (unpaired) electrons. The molecule has 136 valence electrons. The Morgan fingerprint density at radius 1 is 0.519 bits per heavy atom. The Morgan fingerprint density at radius 3 is 1.52 bits per heavy atom. The third-order valence-electron chi connectivity index (χ3n) is 4.41. The topological polar surface area (TPSA) is 61.9 Å². The van der Waals surface area contributed by atoms with E-state index < -0.39 is 0 Å². The summed E-state index contributed by atoms with van der Waals surface area (Å²) >= 11 is 0. The summed E-state index contributed by atoms with van der Waals surface area (Å²) in [5, 5.41) is 12.5. The molecular formula is C22H23N5. The molecule has 0 saturated heterocycles. The number of hydrogen-bond acceptors (Lipinski definition) is 5. The highest BCUT2D eigenvalue weighted by Crippen LogP contribution is 2.15. The van der Waals surface area contributed by atoms with Crippen LogP contribution in [-0.4, -0.2) is 36.1 Å². The molecule has 0 aliphatic heterocycles. The number of benzene rings is 2. The first kappa shape index (κ1) is 17.2. The first-order chi connectivity index (χ1) is 13.4. The second-order valence-electron chi connectivity index (χ2n) is 6.38. The standard InChI is InChI=1S/C22H23N5/c1-3-7-19-17(5-1)9-11-21(26-19)24-15-13-23-14-16-25-22-12-10-18-6-2-4-8-20(18)27-22/h1-12,23H,13-16H2,(H,24,26)(H,25,27). The lowest BCUT2D eigenvalue weighted by Crippen LogP contribution is -2.27. The van der Waals surface area contributed by atoms with Crippen LogP contribution in [0.3, 0.4) is 0 Å². The van der Waals surface area contributed by atoms with E-state index in [-0.39, 0.29) is 0 Å². The predicted molar refractivity (Wildman–Crippen MR) is 113 cm³/mol. The Bertz CT molecular complexity index is 948. The van der Waals surface area contributed by atoms with Crippen molar-refractivity contribution in [2.24, 2.45) is 0 Å². The van der Waals surface area contributed by atoms with E-state index in [0.29, 0.717) is 0 Å². The van der Waals surface area contributed by atoms with Crippen molar-refractivity contribution in [2.45, 2.75) is 0 Å². The maximum Gasteiger partial charge on any atom is 0.126 e. The molecule has 0 spiro atoms. The molecule has 2 heterocycles. The van der Waals surface area contributed by atoms with Gasteiger partial charge in [0.1, 0.15) is 11.6 Å². The summed E-state index contributed by atoms with van der Waals surface area (Å²) in [5.41, 5.74) is 2.03. The number of nitrogens with zero attached hydrogens (tertiary/aromatic N) is 2. The molecule has 5 heteroatoms. The summed E-state index contributed by atoms with van der Waals surface area (Å²) in [6.45, 7) is 3.42. The summed E-state index contributed by atoms with van der Waals surface area (Å²) in [6, 6.07) is 24.5. The smallest absolute Gasteiger partial charge is 0.126 e. The molecule has 2 aromatic carbocycles. The number of rotatable bonds is 8. The van der Waals surface area contributed by atoms with Gasteiger partial charge in [0.2, 0.25) is 0 Å². The molecular weight excluding hydrogens is 334 g/mol. The zero-order valence-corrected chi connectivity index (χ0v) is 15.2. The minimum Gasteiger partial charge on any atom is -0.369 e. The van der Waals surface area contributed by atoms with Crippen LogP contribution in [-0.2, 0) is 0 Å². The average Bonchev–Trinajstić information content (AvgIpc) is 2.73. The van der Waals surface area contributed by atoms with Gasteiger partial charge in [0, 0.05) is 37.0 Å². The number of aromatic nitrogens is 2. The summed E-state index contributed by atoms with van der Waals surface area (Å²) < 4.78 is 0. The van der Waals surface area contributed by atoms with Gasteiger partial charge in [-0.05, 0) is 36.4 Å². The molecule has 5 nitrogen and oxygen atoms in total. The van der Waals surface area contributed by atoms with Crippen LogP contribution in [0.15, 0.2) is 72.8 Å². The van der Waals surface area contributed by atoms with Crippen LogP contribution in [0.2, 0.25) is 0 Å². The fourth-order valence-electron chi connectivity index (χ4n) is 3.01. The Hall–Kier alpha value is -3.18. The summed E-state index contributed by atoms with van der Waals surface area (Å²) in [5.74, 6) is 1.82. The molecule has 0 aliphatic carbocycles. The van der Waals surface area contributed by atoms with Crippen molar-refractivity contribution in [1.29, 1.82) is 0 Å². The molecule has 0 saturated carbocycles. The maximum absolute atomic E-state index is 4.61. The molecule has 27 heavy (non-hydrogen) atoms. The van der Waals surface area contributed by atoms with Gasteiger partial charge in [0.25, 0.3) is 0 Å². The zero-order valence-electron chi connectivity index (χ0n) is 15.2. The lowest BCUT2D eigenvalue weighted by molar-refractivity contribution is 0.717. The summed E-state index contributed by atoms with van der Waals surface area (Å²) in [4.78, 5) is 9.23. The first-order valence-electron chi connectivity index (χ1n) is 9.28. The quantitative estimate of drug-likeness (QED) is 0.418. The molecule has 0 amide bonds. The van der Waals surface area contributed by atoms with Gasteiger partial charge in [-0.1, -0.05) is 36.4 Å². The maximum atomic E-state index is 4.61. The van der Waals surface area contributed by atoms with Crippen LogP contribution >= 0.6 is 0 Å². The number of nitrogens with one attached hydrogen (secondary N) is 3. The second-order valence-corrected chi connectivity index (χ2v) is 6.38. The number of anilines is 2. The van der Waals surface area contributed by atoms with Crippen LogP contribution in [0.1, 0.15) is 0 Å². The molecule has 2 aromatic heterocycles. The van der Waals surface area contributed by atoms with Crippen LogP contribution < -0.4 is 16.0 Å². The van der Waals surface area contributed by atoms with Crippen LogP contribution in [0, 0.1) is 0 Å². The summed E-state index contributed by atoms with van der Waals surface area (Å²) in [6.07, 6.45) is 0. The largest absolute Gasteiger partial charge is 0.369 e. The number of pyridine rings is 2. The lowest BCUT2D eigenvalue weighted by atomic mass is 10.2. The number of para-hydroxylation sites is 2. The number of hydrogen-bond donors (Lipinski definition) is 3. The van der Waals surface area contributed by atoms with Gasteiger partial charge >= 0.3 is 0 Å². The average molecular weight is 357 g/mol. The van der Waals surface area contributed by atoms with Gasteiger partial charge in [-0.25, -0.2) is 9.97 Å². The van der Waals surface area contributed by atoms with E-state index in [1.54, 1.807) is 0 Å². The third kappa shape index (κ3) is 4.51. The summed E-state index contributed by atoms with van der Waals surface area (Å²) in [7, 11) is 0. The van der Waals surface area contributed by atoms with Gasteiger partial charge in [-0.2, -0.15) is 0 Å². The van der Waals surface area contributed by atoms with Crippen LogP contribution in [0.4, 0.5) is 11.6 Å². The molecule has 0 unspecified atom stereocenters. The minimum atomic E-state index is 0.833. The molecule has 0 atom stereocenters. The predicted octanol–water partition coefficient (Wildman–Crippen LogP) is 3.90. The zero-order chi connectivity index (χ0) is 18.3. The number of fused-ring (bicyclic) bond motifs is 2. The van der Waals surface area contributed by atoms with Gasteiger partial charge < -0.3 is 16.0 Å². The van der Waals surface area contributed by atoms with E-state index >= 15 is 0 Å².